The maximum Gasteiger partial charge on any atom is 0.0322 e. The summed E-state index contributed by atoms with van der Waals surface area (Å²) in [7, 11) is 0. The molecule has 0 aliphatic heterocycles. The van der Waals surface area contributed by atoms with Gasteiger partial charge in [-0.25, -0.2) is 0 Å². The van der Waals surface area contributed by atoms with Gasteiger partial charge >= 0.3 is 0 Å². The number of hydrogen-bond donors (Lipinski definition) is 1. The van der Waals surface area contributed by atoms with Crippen LogP contribution in [0, 0.1) is 5.92 Å². The topological polar surface area (TPSA) is 12.0 Å². The molecule has 1 saturated carbocycles. The fourth-order valence-corrected chi connectivity index (χ4v) is 3.12. The van der Waals surface area contributed by atoms with Gasteiger partial charge in [0.15, 0.2) is 0 Å². The normalized spacial score (nSPS) is 18.5. The molecule has 1 atom stereocenters. The molecule has 1 aliphatic carbocycles. The second-order valence-electron chi connectivity index (χ2n) is 5.05. The van der Waals surface area contributed by atoms with E-state index in [9.17, 15) is 0 Å². The van der Waals surface area contributed by atoms with Crippen LogP contribution < -0.4 is 5.32 Å². The lowest BCUT2D eigenvalue weighted by molar-refractivity contribution is 0.401. The summed E-state index contributed by atoms with van der Waals surface area (Å²) in [5.41, 5.74) is 1.43. The van der Waals surface area contributed by atoms with Crippen LogP contribution in [0.15, 0.2) is 28.7 Å². The molecule has 1 aromatic rings. The quantitative estimate of drug-likeness (QED) is 0.832. The van der Waals surface area contributed by atoms with E-state index in [1.54, 1.807) is 0 Å². The monoisotopic (exact) mass is 295 g/mol. The molecule has 2 heteroatoms. The molecule has 1 unspecified atom stereocenters. The molecule has 0 aromatic heterocycles. The maximum atomic E-state index is 3.63. The number of hydrogen-bond acceptors (Lipinski definition) is 1. The molecule has 0 bridgehead atoms. The Bertz CT molecular complexity index is 327. The Morgan fingerprint density at radius 3 is 2.47 bits per heavy atom. The van der Waals surface area contributed by atoms with Crippen molar-refractivity contribution in [3.8, 4) is 0 Å². The van der Waals surface area contributed by atoms with Gasteiger partial charge in [0.05, 0.1) is 0 Å². The first-order valence-electron chi connectivity index (χ1n) is 6.78. The van der Waals surface area contributed by atoms with Crippen molar-refractivity contribution in [3.63, 3.8) is 0 Å². The van der Waals surface area contributed by atoms with Crippen LogP contribution in [0.5, 0.6) is 0 Å². The molecule has 0 heterocycles. The van der Waals surface area contributed by atoms with Gasteiger partial charge in [-0.15, -0.1) is 0 Å². The molecule has 1 fully saturated rings. The van der Waals surface area contributed by atoms with Crippen molar-refractivity contribution in [1.29, 1.82) is 0 Å². The molecular weight excluding hydrogens is 274 g/mol. The minimum Gasteiger partial charge on any atom is -0.310 e. The van der Waals surface area contributed by atoms with Gasteiger partial charge in [-0.05, 0) is 36.6 Å². The van der Waals surface area contributed by atoms with Gasteiger partial charge in [-0.1, -0.05) is 60.7 Å². The van der Waals surface area contributed by atoms with E-state index in [2.05, 4.69) is 52.4 Å². The Labute approximate surface area is 113 Å². The highest BCUT2D eigenvalue weighted by Gasteiger charge is 2.20. The number of rotatable bonds is 5. The van der Waals surface area contributed by atoms with Crippen LogP contribution in [0.1, 0.15) is 50.6 Å². The summed E-state index contributed by atoms with van der Waals surface area (Å²) in [4.78, 5) is 0. The van der Waals surface area contributed by atoms with E-state index in [1.165, 1.54) is 37.7 Å². The third kappa shape index (κ3) is 3.82. The summed E-state index contributed by atoms with van der Waals surface area (Å²) in [6, 6.07) is 9.32. The zero-order chi connectivity index (χ0) is 12.1. The summed E-state index contributed by atoms with van der Waals surface area (Å²) in [6.07, 6.45) is 7.03. The van der Waals surface area contributed by atoms with Gasteiger partial charge in [0.1, 0.15) is 0 Å². The van der Waals surface area contributed by atoms with E-state index in [4.69, 9.17) is 0 Å². The fraction of sp³-hybridized carbons (Fsp3) is 0.600. The van der Waals surface area contributed by atoms with E-state index >= 15 is 0 Å². The van der Waals surface area contributed by atoms with Crippen molar-refractivity contribution in [1.82, 2.24) is 5.32 Å². The lowest BCUT2D eigenvalue weighted by Gasteiger charge is -2.22. The lowest BCUT2D eigenvalue weighted by atomic mass is 9.93. The van der Waals surface area contributed by atoms with Crippen molar-refractivity contribution >= 4 is 15.9 Å². The SMILES string of the molecule is CCNC(CC1CCCC1)c1ccc(Br)cc1. The average Bonchev–Trinajstić information content (AvgIpc) is 2.82. The standard InChI is InChI=1S/C15H22BrN/c1-2-17-15(11-12-5-3-4-6-12)13-7-9-14(16)10-8-13/h7-10,12,15,17H,2-6,11H2,1H3. The Balaban J connectivity index is 2.02. The van der Waals surface area contributed by atoms with Crippen LogP contribution in [-0.4, -0.2) is 6.54 Å². The van der Waals surface area contributed by atoms with Crippen molar-refractivity contribution in [2.24, 2.45) is 5.92 Å². The van der Waals surface area contributed by atoms with Gasteiger partial charge in [0, 0.05) is 10.5 Å². The molecule has 1 aliphatic rings. The Kier molecular flexibility index (Phi) is 5.05. The van der Waals surface area contributed by atoms with Crippen molar-refractivity contribution < 1.29 is 0 Å². The fourth-order valence-electron chi connectivity index (χ4n) is 2.86. The van der Waals surface area contributed by atoms with Gasteiger partial charge in [-0.2, -0.15) is 0 Å². The number of halogens is 1. The molecule has 1 nitrogen and oxygen atoms in total. The summed E-state index contributed by atoms with van der Waals surface area (Å²) < 4.78 is 1.16. The highest BCUT2D eigenvalue weighted by atomic mass is 79.9. The third-order valence-corrected chi connectivity index (χ3v) is 4.30. The Morgan fingerprint density at radius 2 is 1.88 bits per heavy atom. The van der Waals surface area contributed by atoms with Gasteiger partial charge in [0.25, 0.3) is 0 Å². The molecule has 94 valence electrons. The second kappa shape index (κ2) is 6.55. The van der Waals surface area contributed by atoms with Crippen LogP contribution in [-0.2, 0) is 0 Å². The average molecular weight is 296 g/mol. The molecule has 17 heavy (non-hydrogen) atoms. The predicted molar refractivity (Wildman–Crippen MR) is 77.1 cm³/mol. The number of benzene rings is 1. The third-order valence-electron chi connectivity index (χ3n) is 3.77. The van der Waals surface area contributed by atoms with Gasteiger partial charge < -0.3 is 5.32 Å². The second-order valence-corrected chi connectivity index (χ2v) is 5.96. The van der Waals surface area contributed by atoms with E-state index < -0.39 is 0 Å². The predicted octanol–water partition coefficient (Wildman–Crippen LogP) is 4.68. The highest BCUT2D eigenvalue weighted by molar-refractivity contribution is 9.10. The first-order chi connectivity index (χ1) is 8.29. The van der Waals surface area contributed by atoms with E-state index in [0.717, 1.165) is 16.9 Å². The molecule has 1 N–H and O–H groups in total. The summed E-state index contributed by atoms with van der Waals surface area (Å²) in [5.74, 6) is 0.933. The Hall–Kier alpha value is -0.340. The van der Waals surface area contributed by atoms with Crippen LogP contribution >= 0.6 is 15.9 Å². The van der Waals surface area contributed by atoms with Crippen molar-refractivity contribution in [2.75, 3.05) is 6.54 Å². The molecule has 0 saturated heterocycles. The number of nitrogens with one attached hydrogen (secondary N) is 1. The van der Waals surface area contributed by atoms with Crippen molar-refractivity contribution in [3.05, 3.63) is 34.3 Å². The smallest absolute Gasteiger partial charge is 0.0322 e. The van der Waals surface area contributed by atoms with Gasteiger partial charge in [-0.3, -0.25) is 0 Å². The Morgan fingerprint density at radius 1 is 1.24 bits per heavy atom. The van der Waals surface area contributed by atoms with Gasteiger partial charge in [0.2, 0.25) is 0 Å². The van der Waals surface area contributed by atoms with Crippen LogP contribution in [0.25, 0.3) is 0 Å². The van der Waals surface area contributed by atoms with E-state index in [-0.39, 0.29) is 0 Å². The zero-order valence-electron chi connectivity index (χ0n) is 10.6. The molecule has 1 aromatic carbocycles. The van der Waals surface area contributed by atoms with E-state index in [1.807, 2.05) is 0 Å². The van der Waals surface area contributed by atoms with Crippen LogP contribution in [0.2, 0.25) is 0 Å². The molecule has 2 rings (SSSR count). The summed E-state index contributed by atoms with van der Waals surface area (Å²) in [6.45, 7) is 3.24. The molecule has 0 spiro atoms. The molecule has 0 amide bonds. The first-order valence-corrected chi connectivity index (χ1v) is 7.57. The minimum absolute atomic E-state index is 0.538. The van der Waals surface area contributed by atoms with Crippen molar-refractivity contribution in [2.45, 2.75) is 45.1 Å². The van der Waals surface area contributed by atoms with Crippen LogP contribution in [0.4, 0.5) is 0 Å². The zero-order valence-corrected chi connectivity index (χ0v) is 12.2. The minimum atomic E-state index is 0.538. The summed E-state index contributed by atoms with van der Waals surface area (Å²) >= 11 is 3.50. The first kappa shape index (κ1) is 13.1. The molecular formula is C15H22BrN. The van der Waals surface area contributed by atoms with Crippen LogP contribution in [0.3, 0.4) is 0 Å². The molecule has 0 radical (unpaired) electrons. The maximum absolute atomic E-state index is 3.63. The lowest BCUT2D eigenvalue weighted by Crippen LogP contribution is -2.22. The largest absolute Gasteiger partial charge is 0.310 e. The van der Waals surface area contributed by atoms with E-state index in [0.29, 0.717) is 6.04 Å². The highest BCUT2D eigenvalue weighted by Crippen LogP contribution is 2.33. The summed E-state index contributed by atoms with van der Waals surface area (Å²) in [5, 5.41) is 3.63.